The fourth-order valence-corrected chi connectivity index (χ4v) is 5.59. The summed E-state index contributed by atoms with van der Waals surface area (Å²) in [6.07, 6.45) is 0. The molecule has 1 amide bonds. The average molecular weight is 502 g/mol. The molecule has 1 fully saturated rings. The van der Waals surface area contributed by atoms with Gasteiger partial charge in [0, 0.05) is 36.9 Å². The maximum absolute atomic E-state index is 13.5. The minimum absolute atomic E-state index is 0.0633. The lowest BCUT2D eigenvalue weighted by Gasteiger charge is -2.37. The monoisotopic (exact) mass is 501 g/mol. The van der Waals surface area contributed by atoms with Gasteiger partial charge in [0.1, 0.15) is 12.4 Å². The van der Waals surface area contributed by atoms with Crippen molar-refractivity contribution in [1.29, 1.82) is 0 Å². The van der Waals surface area contributed by atoms with Gasteiger partial charge in [0.2, 0.25) is 5.91 Å². The van der Waals surface area contributed by atoms with Crippen molar-refractivity contribution in [2.45, 2.75) is 11.8 Å². The van der Waals surface area contributed by atoms with Crippen LogP contribution in [0.3, 0.4) is 0 Å². The molecule has 1 aliphatic heterocycles. The van der Waals surface area contributed by atoms with E-state index in [0.29, 0.717) is 31.2 Å². The Kier molecular flexibility index (Phi) is 7.09. The van der Waals surface area contributed by atoms with Gasteiger partial charge in [-0.1, -0.05) is 35.9 Å². The molecule has 0 spiro atoms. The zero-order valence-electron chi connectivity index (χ0n) is 18.7. The molecule has 0 N–H and O–H groups in total. The van der Waals surface area contributed by atoms with Crippen LogP contribution in [0.15, 0.2) is 77.7 Å². The summed E-state index contributed by atoms with van der Waals surface area (Å²) in [4.78, 5) is 17.1. The Bertz CT molecular complexity index is 1260. The first-order valence-electron chi connectivity index (χ1n) is 10.9. The molecular formula is C25H25ClFN3O3S. The predicted molar refractivity (Wildman–Crippen MR) is 132 cm³/mol. The molecule has 0 aliphatic carbocycles. The van der Waals surface area contributed by atoms with Gasteiger partial charge in [0.25, 0.3) is 10.0 Å². The van der Waals surface area contributed by atoms with E-state index in [9.17, 15) is 17.6 Å². The van der Waals surface area contributed by atoms with Crippen molar-refractivity contribution < 1.29 is 17.6 Å². The number of halogens is 2. The number of amides is 1. The smallest absolute Gasteiger partial charge is 0.264 e. The highest BCUT2D eigenvalue weighted by molar-refractivity contribution is 7.92. The second kappa shape index (κ2) is 10.0. The van der Waals surface area contributed by atoms with Crippen LogP contribution in [0.25, 0.3) is 0 Å². The van der Waals surface area contributed by atoms with Crippen molar-refractivity contribution in [2.24, 2.45) is 0 Å². The van der Waals surface area contributed by atoms with Gasteiger partial charge >= 0.3 is 0 Å². The lowest BCUT2D eigenvalue weighted by molar-refractivity contribution is -0.129. The molecule has 0 radical (unpaired) electrons. The number of sulfonamides is 1. The Hall–Kier alpha value is -3.10. The number of aryl methyl sites for hydroxylation is 1. The van der Waals surface area contributed by atoms with Crippen LogP contribution < -0.4 is 9.21 Å². The van der Waals surface area contributed by atoms with E-state index in [4.69, 9.17) is 11.6 Å². The molecule has 6 nitrogen and oxygen atoms in total. The zero-order valence-corrected chi connectivity index (χ0v) is 20.3. The Morgan fingerprint density at radius 2 is 1.62 bits per heavy atom. The third kappa shape index (κ3) is 5.18. The van der Waals surface area contributed by atoms with Gasteiger partial charge in [-0.25, -0.2) is 12.8 Å². The second-order valence-corrected chi connectivity index (χ2v) is 10.4. The van der Waals surface area contributed by atoms with Gasteiger partial charge in [0.15, 0.2) is 0 Å². The summed E-state index contributed by atoms with van der Waals surface area (Å²) in [5.74, 6) is -0.800. The number of carbonyl (C=O) groups is 1. The Balaban J connectivity index is 1.52. The van der Waals surface area contributed by atoms with Gasteiger partial charge < -0.3 is 9.80 Å². The summed E-state index contributed by atoms with van der Waals surface area (Å²) in [7, 11) is -4.03. The molecule has 0 unspecified atom stereocenters. The second-order valence-electron chi connectivity index (χ2n) is 8.10. The van der Waals surface area contributed by atoms with Crippen LogP contribution in [0.4, 0.5) is 15.8 Å². The first kappa shape index (κ1) is 24.0. The number of benzene rings is 3. The maximum Gasteiger partial charge on any atom is 0.264 e. The first-order valence-corrected chi connectivity index (χ1v) is 12.7. The molecule has 0 saturated carbocycles. The predicted octanol–water partition coefficient (Wildman–Crippen LogP) is 4.33. The summed E-state index contributed by atoms with van der Waals surface area (Å²) >= 11 is 6.16. The molecule has 0 aromatic heterocycles. The zero-order chi connectivity index (χ0) is 24.3. The molecule has 3 aromatic carbocycles. The third-order valence-corrected chi connectivity index (χ3v) is 7.89. The van der Waals surface area contributed by atoms with E-state index >= 15 is 0 Å². The molecule has 178 valence electrons. The number of rotatable bonds is 6. The number of anilines is 2. The van der Waals surface area contributed by atoms with E-state index in [2.05, 4.69) is 4.90 Å². The van der Waals surface area contributed by atoms with E-state index in [1.807, 2.05) is 25.1 Å². The van der Waals surface area contributed by atoms with Crippen molar-refractivity contribution in [3.05, 3.63) is 89.2 Å². The van der Waals surface area contributed by atoms with Gasteiger partial charge in [0.05, 0.1) is 10.6 Å². The van der Waals surface area contributed by atoms with Crippen molar-refractivity contribution in [3.8, 4) is 0 Å². The fraction of sp³-hybridized carbons (Fsp3) is 0.240. The van der Waals surface area contributed by atoms with Gasteiger partial charge in [-0.15, -0.1) is 0 Å². The largest absolute Gasteiger partial charge is 0.368 e. The molecule has 1 aliphatic rings. The lowest BCUT2D eigenvalue weighted by atomic mass is 10.1. The summed E-state index contributed by atoms with van der Waals surface area (Å²) in [5.41, 5.74) is 2.35. The van der Waals surface area contributed by atoms with Crippen LogP contribution in [0, 0.1) is 12.7 Å². The average Bonchev–Trinajstić information content (AvgIpc) is 2.85. The maximum atomic E-state index is 13.5. The molecule has 1 saturated heterocycles. The summed E-state index contributed by atoms with van der Waals surface area (Å²) in [6, 6.07) is 18.7. The molecule has 1 heterocycles. The first-order chi connectivity index (χ1) is 16.3. The summed E-state index contributed by atoms with van der Waals surface area (Å²) < 4.78 is 41.3. The number of hydrogen-bond acceptors (Lipinski definition) is 4. The standard InChI is InChI=1S/C25H25ClFN3O3S/c1-19-7-8-20(26)17-24(19)28-13-15-29(16-14-28)25(31)18-30(22-11-9-21(27)10-12-22)34(32,33)23-5-3-2-4-6-23/h2-12,17H,13-16,18H2,1H3. The van der Waals surface area contributed by atoms with Crippen molar-refractivity contribution in [3.63, 3.8) is 0 Å². The van der Waals surface area contributed by atoms with E-state index < -0.39 is 15.8 Å². The van der Waals surface area contributed by atoms with Crippen LogP contribution in [-0.2, 0) is 14.8 Å². The van der Waals surface area contributed by atoms with Crippen LogP contribution in [0.5, 0.6) is 0 Å². The highest BCUT2D eigenvalue weighted by atomic mass is 35.5. The number of hydrogen-bond donors (Lipinski definition) is 0. The number of carbonyl (C=O) groups excluding carboxylic acids is 1. The molecule has 34 heavy (non-hydrogen) atoms. The van der Waals surface area contributed by atoms with Gasteiger partial charge in [-0.05, 0) is 61.0 Å². The Morgan fingerprint density at radius 3 is 2.26 bits per heavy atom. The van der Waals surface area contributed by atoms with Gasteiger partial charge in [-0.3, -0.25) is 9.10 Å². The third-order valence-electron chi connectivity index (χ3n) is 5.87. The fourth-order valence-electron chi connectivity index (χ4n) is 3.98. The van der Waals surface area contributed by atoms with Crippen molar-refractivity contribution in [1.82, 2.24) is 4.90 Å². The van der Waals surface area contributed by atoms with Crippen LogP contribution in [0.1, 0.15) is 5.56 Å². The molecule has 0 bridgehead atoms. The number of piperazine rings is 1. The highest BCUT2D eigenvalue weighted by Crippen LogP contribution is 2.27. The summed E-state index contributed by atoms with van der Waals surface area (Å²) in [6.45, 7) is 3.75. The van der Waals surface area contributed by atoms with E-state index in [-0.39, 0.29) is 23.0 Å². The minimum Gasteiger partial charge on any atom is -0.368 e. The van der Waals surface area contributed by atoms with Crippen molar-refractivity contribution in [2.75, 3.05) is 41.9 Å². The molecule has 9 heteroatoms. The molecule has 4 rings (SSSR count). The van der Waals surface area contributed by atoms with Crippen molar-refractivity contribution >= 4 is 38.9 Å². The SMILES string of the molecule is Cc1ccc(Cl)cc1N1CCN(C(=O)CN(c2ccc(F)cc2)S(=O)(=O)c2ccccc2)CC1. The lowest BCUT2D eigenvalue weighted by Crippen LogP contribution is -2.52. The minimum atomic E-state index is -4.03. The summed E-state index contributed by atoms with van der Waals surface area (Å²) in [5, 5.41) is 0.653. The molecule has 3 aromatic rings. The van der Waals surface area contributed by atoms with E-state index in [1.54, 1.807) is 23.1 Å². The van der Waals surface area contributed by atoms with E-state index in [0.717, 1.165) is 15.6 Å². The number of nitrogens with zero attached hydrogens (tertiary/aromatic N) is 3. The van der Waals surface area contributed by atoms with Crippen LogP contribution >= 0.6 is 11.6 Å². The molecule has 0 atom stereocenters. The quantitative estimate of drug-likeness (QED) is 0.504. The molecular weight excluding hydrogens is 477 g/mol. The Morgan fingerprint density at radius 1 is 0.971 bits per heavy atom. The Labute approximate surface area is 204 Å². The topological polar surface area (TPSA) is 60.9 Å². The van der Waals surface area contributed by atoms with Crippen LogP contribution in [0.2, 0.25) is 5.02 Å². The highest BCUT2D eigenvalue weighted by Gasteiger charge is 2.30. The normalized spacial score (nSPS) is 14.2. The van der Waals surface area contributed by atoms with E-state index in [1.165, 1.54) is 36.4 Å². The van der Waals surface area contributed by atoms with Gasteiger partial charge in [-0.2, -0.15) is 0 Å². The van der Waals surface area contributed by atoms with Crippen LogP contribution in [-0.4, -0.2) is 51.9 Å².